The van der Waals surface area contributed by atoms with Crippen LogP contribution in [0.1, 0.15) is 11.1 Å². The third-order valence-electron chi connectivity index (χ3n) is 5.97. The van der Waals surface area contributed by atoms with Gasteiger partial charge in [-0.1, -0.05) is 58.3 Å². The van der Waals surface area contributed by atoms with Crippen molar-refractivity contribution in [2.24, 2.45) is 0 Å². The van der Waals surface area contributed by atoms with Gasteiger partial charge < -0.3 is 20.5 Å². The molecule has 47 heavy (non-hydrogen) atoms. The first-order chi connectivity index (χ1) is 22.6. The molecule has 0 aliphatic heterocycles. The van der Waals surface area contributed by atoms with Gasteiger partial charge in [0.15, 0.2) is 20.0 Å². The van der Waals surface area contributed by atoms with Crippen molar-refractivity contribution in [3.05, 3.63) is 75.0 Å². The van der Waals surface area contributed by atoms with Gasteiger partial charge in [-0.05, 0) is 36.8 Å². The Morgan fingerprint density at radius 1 is 0.787 bits per heavy atom. The summed E-state index contributed by atoms with van der Waals surface area (Å²) in [6.45, 7) is 0. The number of hydrogen-bond donors (Lipinski definition) is 2. The number of anilines is 3. The number of nitrogens with zero attached hydrogens (tertiary/aromatic N) is 6. The van der Waals surface area contributed by atoms with Crippen LogP contribution in [0.4, 0.5) is 17.1 Å². The Balaban J connectivity index is 0.000000177. The maximum absolute atomic E-state index is 9.38. The van der Waals surface area contributed by atoms with Crippen LogP contribution in [0, 0.1) is 22.7 Å². The number of fused-ring (bicyclic) bond motifs is 2. The average Bonchev–Trinajstić information content (AvgIpc) is 3.73. The van der Waals surface area contributed by atoms with Crippen LogP contribution < -0.4 is 20.5 Å². The molecule has 17 heteroatoms. The van der Waals surface area contributed by atoms with E-state index in [-0.39, 0.29) is 0 Å². The molecular formula is C30H23Cl3N8O2S4. The average molecular weight is 762 g/mol. The number of ether oxygens (including phenoxy) is 2. The number of nitriles is 2. The fourth-order valence-electron chi connectivity index (χ4n) is 3.66. The summed E-state index contributed by atoms with van der Waals surface area (Å²) in [6, 6.07) is 14.6. The van der Waals surface area contributed by atoms with E-state index in [4.69, 9.17) is 55.3 Å². The Morgan fingerprint density at radius 3 is 1.87 bits per heavy atom. The number of nitrogen functional groups attached to an aromatic ring is 1. The molecule has 3 N–H and O–H groups in total. The lowest BCUT2D eigenvalue weighted by Gasteiger charge is -2.11. The van der Waals surface area contributed by atoms with Crippen LogP contribution in [0.15, 0.2) is 57.5 Å². The molecule has 6 rings (SSSR count). The summed E-state index contributed by atoms with van der Waals surface area (Å²) in [4.78, 5) is 17.0. The highest BCUT2D eigenvalue weighted by Crippen LogP contribution is 2.38. The van der Waals surface area contributed by atoms with Gasteiger partial charge in [0.25, 0.3) is 0 Å². The fraction of sp³-hybridized carbons (Fsp3) is 0.133. The lowest BCUT2D eigenvalue weighted by atomic mass is 10.2. The zero-order valence-corrected chi connectivity index (χ0v) is 30.5. The van der Waals surface area contributed by atoms with Crippen molar-refractivity contribution < 1.29 is 9.47 Å². The molecule has 240 valence electrons. The van der Waals surface area contributed by atoms with Crippen LogP contribution in [0.5, 0.6) is 11.5 Å². The molecule has 0 bridgehead atoms. The quantitative estimate of drug-likeness (QED) is 0.123. The molecule has 0 aliphatic carbocycles. The Hall–Kier alpha value is -3.73. The monoisotopic (exact) mass is 760 g/mol. The summed E-state index contributed by atoms with van der Waals surface area (Å²) in [7, 11) is 3.18. The molecule has 0 aliphatic rings. The van der Waals surface area contributed by atoms with Crippen LogP contribution in [0.25, 0.3) is 20.7 Å². The number of halogens is 3. The molecule has 10 nitrogen and oxygen atoms in total. The lowest BCUT2D eigenvalue weighted by Crippen LogP contribution is -1.97. The first-order valence-corrected chi connectivity index (χ1v) is 18.2. The molecule has 0 spiro atoms. The van der Waals surface area contributed by atoms with Crippen LogP contribution in [-0.2, 0) is 0 Å². The number of pyridine rings is 2. The molecule has 0 saturated carbocycles. The fourth-order valence-corrected chi connectivity index (χ4v) is 7.21. The number of rotatable bonds is 6. The van der Waals surface area contributed by atoms with Crippen LogP contribution in [0.2, 0.25) is 15.1 Å². The summed E-state index contributed by atoms with van der Waals surface area (Å²) < 4.78 is 13.5. The molecule has 4 aromatic heterocycles. The van der Waals surface area contributed by atoms with Gasteiger partial charge in [-0.25, -0.2) is 19.9 Å². The van der Waals surface area contributed by atoms with Crippen molar-refractivity contribution in [3.8, 4) is 23.6 Å². The minimum atomic E-state index is 0.399. The van der Waals surface area contributed by atoms with E-state index in [1.165, 1.54) is 35.1 Å². The molecule has 2 aromatic carbocycles. The van der Waals surface area contributed by atoms with Gasteiger partial charge in [0.2, 0.25) is 0 Å². The molecule has 0 fully saturated rings. The van der Waals surface area contributed by atoms with Crippen molar-refractivity contribution in [2.75, 3.05) is 37.8 Å². The highest BCUT2D eigenvalue weighted by atomic mass is 35.5. The van der Waals surface area contributed by atoms with E-state index in [9.17, 15) is 5.26 Å². The van der Waals surface area contributed by atoms with Gasteiger partial charge in [0.1, 0.15) is 23.6 Å². The number of benzene rings is 2. The first-order valence-electron chi connectivity index (χ1n) is 13.0. The highest BCUT2D eigenvalue weighted by Gasteiger charge is 2.16. The van der Waals surface area contributed by atoms with Gasteiger partial charge >= 0.3 is 0 Å². The number of thiazole rings is 2. The predicted molar refractivity (Wildman–Crippen MR) is 197 cm³/mol. The van der Waals surface area contributed by atoms with Crippen molar-refractivity contribution in [3.63, 3.8) is 0 Å². The van der Waals surface area contributed by atoms with Crippen LogP contribution in [0.3, 0.4) is 0 Å². The van der Waals surface area contributed by atoms with Gasteiger partial charge in [-0.2, -0.15) is 10.5 Å². The van der Waals surface area contributed by atoms with Gasteiger partial charge in [-0.15, -0.1) is 22.7 Å². The van der Waals surface area contributed by atoms with E-state index in [0.717, 1.165) is 23.8 Å². The van der Waals surface area contributed by atoms with E-state index < -0.39 is 0 Å². The molecule has 6 aromatic rings. The van der Waals surface area contributed by atoms with Gasteiger partial charge in [0.05, 0.1) is 66.9 Å². The standard InChI is InChI=1S/C15H11ClN4OS2.C8H4ClN3S2.C7H8ClNO/c1-21-9-3-4-10(16)11(5-9)19-12-8(6-17)7-18-14-13(12)23-15(20-14)22-2;1-13-8-12-7-6(14-8)5(9)4(2-10)3-11-7;1-10-5-2-3-6(8)7(9)4-5/h3-5,7H,1-2H3,(H,18,19);3H,1H3;2-4H,9H2,1H3. The SMILES string of the molecule is COc1ccc(Cl)c(N)c1.COc1ccc(Cl)c(Nc2c(C#N)cnc3nc(SC)sc23)c1.CSc1nc2ncc(C#N)c(Cl)c2s1. The minimum Gasteiger partial charge on any atom is -0.497 e. The summed E-state index contributed by atoms with van der Waals surface area (Å²) in [5, 5.41) is 22.9. The number of thioether (sulfide) groups is 2. The van der Waals surface area contributed by atoms with Gasteiger partial charge in [0, 0.05) is 24.5 Å². The van der Waals surface area contributed by atoms with E-state index in [0.29, 0.717) is 60.3 Å². The molecule has 0 saturated heterocycles. The van der Waals surface area contributed by atoms with E-state index in [1.807, 2.05) is 18.6 Å². The summed E-state index contributed by atoms with van der Waals surface area (Å²) in [6.07, 6.45) is 6.86. The third kappa shape index (κ3) is 8.80. The van der Waals surface area contributed by atoms with E-state index in [2.05, 4.69) is 31.3 Å². The van der Waals surface area contributed by atoms with E-state index in [1.54, 1.807) is 74.1 Å². The highest BCUT2D eigenvalue weighted by molar-refractivity contribution is 8.00. The third-order valence-corrected chi connectivity index (χ3v) is 11.2. The molecule has 0 amide bonds. The molecule has 0 radical (unpaired) electrons. The number of nitrogens with one attached hydrogen (secondary N) is 1. The second-order valence-electron chi connectivity index (χ2n) is 8.79. The topological polar surface area (TPSA) is 156 Å². The number of nitrogens with two attached hydrogens (primary N) is 1. The van der Waals surface area contributed by atoms with Crippen LogP contribution in [-0.4, -0.2) is 46.7 Å². The minimum absolute atomic E-state index is 0.399. The lowest BCUT2D eigenvalue weighted by molar-refractivity contribution is 0.415. The Labute approximate surface area is 301 Å². The number of methoxy groups -OCH3 is 2. The Bertz CT molecular complexity index is 2130. The van der Waals surface area contributed by atoms with Crippen molar-refractivity contribution in [1.82, 2.24) is 19.9 Å². The Morgan fingerprint density at radius 2 is 1.32 bits per heavy atom. The summed E-state index contributed by atoms with van der Waals surface area (Å²) in [5.41, 5.74) is 9.41. The Kier molecular flexibility index (Phi) is 13.0. The number of hydrogen-bond acceptors (Lipinski definition) is 14. The van der Waals surface area contributed by atoms with Crippen molar-refractivity contribution in [1.29, 1.82) is 10.5 Å². The normalized spacial score (nSPS) is 10.2. The number of aromatic nitrogens is 4. The zero-order valence-electron chi connectivity index (χ0n) is 25.0. The smallest absolute Gasteiger partial charge is 0.173 e. The molecular weight excluding hydrogens is 739 g/mol. The summed E-state index contributed by atoms with van der Waals surface area (Å²) in [5.74, 6) is 1.40. The van der Waals surface area contributed by atoms with Crippen molar-refractivity contribution in [2.45, 2.75) is 8.68 Å². The maximum Gasteiger partial charge on any atom is 0.173 e. The second kappa shape index (κ2) is 16.9. The van der Waals surface area contributed by atoms with Gasteiger partial charge in [-0.3, -0.25) is 0 Å². The van der Waals surface area contributed by atoms with Crippen LogP contribution >= 0.6 is 81.0 Å². The predicted octanol–water partition coefficient (Wildman–Crippen LogP) is 9.56. The first kappa shape index (κ1) is 36.1. The van der Waals surface area contributed by atoms with Crippen molar-refractivity contribution >= 4 is 119 Å². The molecule has 0 unspecified atom stereocenters. The largest absolute Gasteiger partial charge is 0.497 e. The molecule has 4 heterocycles. The zero-order chi connectivity index (χ0) is 34.1. The summed E-state index contributed by atoms with van der Waals surface area (Å²) >= 11 is 24.0. The second-order valence-corrected chi connectivity index (χ2v) is 14.1. The maximum atomic E-state index is 9.38. The van der Waals surface area contributed by atoms with E-state index >= 15 is 0 Å². The molecule has 0 atom stereocenters.